The molecule has 4 rings (SSSR count). The second kappa shape index (κ2) is 9.28. The number of benzene rings is 3. The number of hydrogen-bond donors (Lipinski definition) is 0. The molecule has 0 fully saturated rings. The van der Waals surface area contributed by atoms with Crippen LogP contribution in [0.25, 0.3) is 0 Å². The van der Waals surface area contributed by atoms with Gasteiger partial charge in [-0.3, -0.25) is 19.3 Å². The van der Waals surface area contributed by atoms with Crippen molar-refractivity contribution in [1.29, 1.82) is 0 Å². The van der Waals surface area contributed by atoms with Crippen molar-refractivity contribution in [2.45, 2.75) is 20.0 Å². The van der Waals surface area contributed by atoms with Gasteiger partial charge in [0.25, 0.3) is 17.7 Å². The van der Waals surface area contributed by atoms with Crippen LogP contribution < -0.4 is 4.90 Å². The molecule has 0 atom stereocenters. The van der Waals surface area contributed by atoms with E-state index in [1.807, 2.05) is 50.2 Å². The van der Waals surface area contributed by atoms with Gasteiger partial charge in [0, 0.05) is 38.4 Å². The van der Waals surface area contributed by atoms with Crippen LogP contribution in [0.4, 0.5) is 5.69 Å². The van der Waals surface area contributed by atoms with Crippen LogP contribution in [0.3, 0.4) is 0 Å². The quantitative estimate of drug-likeness (QED) is 0.516. The molecule has 6 nitrogen and oxygen atoms in total. The smallest absolute Gasteiger partial charge is 0.261 e. The average molecular weight is 442 g/mol. The summed E-state index contributed by atoms with van der Waals surface area (Å²) in [6.45, 7) is 3.25. The minimum Gasteiger partial charge on any atom is -0.378 e. The molecule has 1 heterocycles. The van der Waals surface area contributed by atoms with Gasteiger partial charge in [-0.2, -0.15) is 0 Å². The zero-order valence-corrected chi connectivity index (χ0v) is 19.1. The number of carbonyl (C=O) groups excluding carboxylic acids is 3. The molecule has 3 amide bonds. The standard InChI is InChI=1S/C27H27N3O3/c1-4-29(17-19-11-15-22(16-12-19)28(2)3)25(31)21-13-9-20(10-14-21)18-30-26(32)23-7-5-6-8-24(23)27(30)33/h5-16H,4,17-18H2,1-3H3. The summed E-state index contributed by atoms with van der Waals surface area (Å²) in [5.41, 5.74) is 4.43. The lowest BCUT2D eigenvalue weighted by atomic mass is 10.1. The van der Waals surface area contributed by atoms with E-state index in [-0.39, 0.29) is 24.3 Å². The molecule has 0 N–H and O–H groups in total. The summed E-state index contributed by atoms with van der Waals surface area (Å²) in [6.07, 6.45) is 0. The zero-order valence-electron chi connectivity index (χ0n) is 19.1. The number of fused-ring (bicyclic) bond motifs is 1. The molecule has 0 spiro atoms. The molecule has 0 radical (unpaired) electrons. The van der Waals surface area contributed by atoms with Gasteiger partial charge in [-0.15, -0.1) is 0 Å². The number of amides is 3. The number of rotatable bonds is 7. The minimum atomic E-state index is -0.284. The van der Waals surface area contributed by atoms with E-state index in [4.69, 9.17) is 0 Å². The van der Waals surface area contributed by atoms with Gasteiger partial charge in [-0.1, -0.05) is 36.4 Å². The first-order valence-corrected chi connectivity index (χ1v) is 11.0. The summed E-state index contributed by atoms with van der Waals surface area (Å²) in [5, 5.41) is 0. The molecule has 0 aliphatic carbocycles. The molecule has 3 aromatic rings. The average Bonchev–Trinajstić information content (AvgIpc) is 3.08. The fourth-order valence-corrected chi connectivity index (χ4v) is 3.95. The first-order chi connectivity index (χ1) is 15.9. The Morgan fingerprint density at radius 2 is 1.33 bits per heavy atom. The van der Waals surface area contributed by atoms with Crippen LogP contribution in [0.2, 0.25) is 0 Å². The van der Waals surface area contributed by atoms with Gasteiger partial charge in [0.05, 0.1) is 17.7 Å². The molecule has 6 heteroatoms. The van der Waals surface area contributed by atoms with Crippen molar-refractivity contribution in [3.8, 4) is 0 Å². The summed E-state index contributed by atoms with van der Waals surface area (Å²) in [5.74, 6) is -0.622. The van der Waals surface area contributed by atoms with E-state index in [0.717, 1.165) is 16.8 Å². The maximum Gasteiger partial charge on any atom is 0.261 e. The van der Waals surface area contributed by atoms with Crippen molar-refractivity contribution < 1.29 is 14.4 Å². The second-order valence-electron chi connectivity index (χ2n) is 8.32. The van der Waals surface area contributed by atoms with Crippen LogP contribution in [0.5, 0.6) is 0 Å². The number of nitrogens with zero attached hydrogens (tertiary/aromatic N) is 3. The lowest BCUT2D eigenvalue weighted by Gasteiger charge is -2.22. The fourth-order valence-electron chi connectivity index (χ4n) is 3.95. The van der Waals surface area contributed by atoms with Crippen LogP contribution in [0.15, 0.2) is 72.8 Å². The summed E-state index contributed by atoms with van der Waals surface area (Å²) in [7, 11) is 3.99. The largest absolute Gasteiger partial charge is 0.378 e. The van der Waals surface area contributed by atoms with Crippen molar-refractivity contribution in [1.82, 2.24) is 9.80 Å². The van der Waals surface area contributed by atoms with E-state index in [0.29, 0.717) is 29.8 Å². The van der Waals surface area contributed by atoms with Crippen LogP contribution >= 0.6 is 0 Å². The maximum absolute atomic E-state index is 13.1. The monoisotopic (exact) mass is 441 g/mol. The third-order valence-corrected chi connectivity index (χ3v) is 5.91. The molecule has 0 saturated carbocycles. The maximum atomic E-state index is 13.1. The number of imide groups is 1. The SMILES string of the molecule is CCN(Cc1ccc(N(C)C)cc1)C(=O)c1ccc(CN2C(=O)c3ccccc3C2=O)cc1. The molecule has 0 aromatic heterocycles. The normalized spacial score (nSPS) is 12.6. The van der Waals surface area contributed by atoms with Gasteiger partial charge in [-0.25, -0.2) is 0 Å². The van der Waals surface area contributed by atoms with Crippen molar-refractivity contribution >= 4 is 23.4 Å². The first kappa shape index (κ1) is 22.3. The molecular weight excluding hydrogens is 414 g/mol. The molecule has 0 unspecified atom stereocenters. The third-order valence-electron chi connectivity index (χ3n) is 5.91. The molecule has 168 valence electrons. The van der Waals surface area contributed by atoms with E-state index < -0.39 is 0 Å². The fraction of sp³-hybridized carbons (Fsp3) is 0.222. The topological polar surface area (TPSA) is 60.9 Å². The summed E-state index contributed by atoms with van der Waals surface area (Å²) in [6, 6.07) is 22.1. The van der Waals surface area contributed by atoms with E-state index in [1.54, 1.807) is 53.4 Å². The summed E-state index contributed by atoms with van der Waals surface area (Å²) in [4.78, 5) is 43.3. The van der Waals surface area contributed by atoms with Gasteiger partial charge in [0.2, 0.25) is 0 Å². The highest BCUT2D eigenvalue weighted by Gasteiger charge is 2.34. The first-order valence-electron chi connectivity index (χ1n) is 11.0. The lowest BCUT2D eigenvalue weighted by molar-refractivity contribution is 0.0641. The van der Waals surface area contributed by atoms with E-state index in [9.17, 15) is 14.4 Å². The Balaban J connectivity index is 1.43. The zero-order chi connectivity index (χ0) is 23.5. The molecule has 1 aliphatic rings. The minimum absolute atomic E-state index is 0.0542. The van der Waals surface area contributed by atoms with Crippen LogP contribution in [0.1, 0.15) is 49.1 Å². The highest BCUT2D eigenvalue weighted by molar-refractivity contribution is 6.21. The molecule has 0 bridgehead atoms. The Morgan fingerprint density at radius 1 is 0.788 bits per heavy atom. The summed E-state index contributed by atoms with van der Waals surface area (Å²) < 4.78 is 0. The highest BCUT2D eigenvalue weighted by atomic mass is 16.2. The van der Waals surface area contributed by atoms with Crippen molar-refractivity contribution in [2.75, 3.05) is 25.5 Å². The Labute approximate surface area is 194 Å². The highest BCUT2D eigenvalue weighted by Crippen LogP contribution is 2.24. The van der Waals surface area contributed by atoms with Gasteiger partial charge < -0.3 is 9.80 Å². The Bertz CT molecular complexity index is 1150. The van der Waals surface area contributed by atoms with Crippen molar-refractivity contribution in [2.24, 2.45) is 0 Å². The van der Waals surface area contributed by atoms with Crippen molar-refractivity contribution in [3.05, 3.63) is 101 Å². The Kier molecular flexibility index (Phi) is 6.27. The van der Waals surface area contributed by atoms with E-state index in [1.165, 1.54) is 4.90 Å². The van der Waals surface area contributed by atoms with E-state index in [2.05, 4.69) is 0 Å². The Morgan fingerprint density at radius 3 is 1.85 bits per heavy atom. The lowest BCUT2D eigenvalue weighted by Crippen LogP contribution is -2.30. The van der Waals surface area contributed by atoms with Gasteiger partial charge >= 0.3 is 0 Å². The molecule has 3 aromatic carbocycles. The van der Waals surface area contributed by atoms with Crippen LogP contribution in [-0.2, 0) is 13.1 Å². The summed E-state index contributed by atoms with van der Waals surface area (Å²) >= 11 is 0. The molecular formula is C27H27N3O3. The van der Waals surface area contributed by atoms with Gasteiger partial charge in [-0.05, 0) is 54.4 Å². The molecule has 33 heavy (non-hydrogen) atoms. The number of carbonyl (C=O) groups is 3. The van der Waals surface area contributed by atoms with E-state index >= 15 is 0 Å². The number of anilines is 1. The predicted molar refractivity (Wildman–Crippen MR) is 128 cm³/mol. The Hall–Kier alpha value is -3.93. The van der Waals surface area contributed by atoms with Crippen LogP contribution in [-0.4, -0.2) is 48.2 Å². The van der Waals surface area contributed by atoms with Crippen LogP contribution in [0, 0.1) is 0 Å². The number of hydrogen-bond acceptors (Lipinski definition) is 4. The second-order valence-corrected chi connectivity index (χ2v) is 8.32. The molecule has 1 aliphatic heterocycles. The third kappa shape index (κ3) is 4.51. The predicted octanol–water partition coefficient (Wildman–Crippen LogP) is 4.21. The van der Waals surface area contributed by atoms with Gasteiger partial charge in [0.1, 0.15) is 0 Å². The van der Waals surface area contributed by atoms with Crippen molar-refractivity contribution in [3.63, 3.8) is 0 Å². The van der Waals surface area contributed by atoms with Gasteiger partial charge in [0.15, 0.2) is 0 Å². The molecule has 0 saturated heterocycles.